The van der Waals surface area contributed by atoms with Crippen molar-refractivity contribution < 1.29 is 57.8 Å². The van der Waals surface area contributed by atoms with Crippen molar-refractivity contribution in [3.8, 4) is 0 Å². The molecule has 2 aliphatic carbocycles. The summed E-state index contributed by atoms with van der Waals surface area (Å²) < 4.78 is 27.9. The molecule has 1 saturated carbocycles. The van der Waals surface area contributed by atoms with Crippen LogP contribution < -0.4 is 24.8 Å². The first-order chi connectivity index (χ1) is 11.6. The zero-order valence-corrected chi connectivity index (χ0v) is 17.9. The molecule has 0 bridgehead atoms. The van der Waals surface area contributed by atoms with E-state index in [0.717, 1.165) is 28.0 Å². The maximum absolute atomic E-state index is 13.0. The van der Waals surface area contributed by atoms with Crippen LogP contribution in [0.2, 0.25) is 0 Å². The van der Waals surface area contributed by atoms with Gasteiger partial charge in [0.15, 0.2) is 0 Å². The van der Waals surface area contributed by atoms with Crippen molar-refractivity contribution in [2.75, 3.05) is 0 Å². The van der Waals surface area contributed by atoms with Gasteiger partial charge in [-0.3, -0.25) is 6.08 Å². The molecule has 3 aromatic carbocycles. The third kappa shape index (κ3) is 6.61. The van der Waals surface area contributed by atoms with Gasteiger partial charge in [0.05, 0.1) is 0 Å². The predicted octanol–water partition coefficient (Wildman–Crippen LogP) is -0.197. The molecule has 3 aromatic rings. The fourth-order valence-corrected chi connectivity index (χ4v) is 2.65. The average Bonchev–Trinajstić information content (AvgIpc) is 3.07. The van der Waals surface area contributed by atoms with Gasteiger partial charge < -0.3 is 24.8 Å². The molecule has 26 heavy (non-hydrogen) atoms. The van der Waals surface area contributed by atoms with Gasteiger partial charge in [-0.1, -0.05) is 24.3 Å². The van der Waals surface area contributed by atoms with Crippen LogP contribution >= 0.6 is 0 Å². The number of hydrogen-bond donors (Lipinski definition) is 0. The molecule has 0 aliphatic heterocycles. The van der Waals surface area contributed by atoms with Crippen molar-refractivity contribution in [3.63, 3.8) is 0 Å². The van der Waals surface area contributed by atoms with Crippen LogP contribution in [0.25, 0.3) is 21.5 Å². The SMILES string of the molecule is Fc1ccc2[cH-]c3ccc(F)cc3c2c1.[C-]1=CC=CC1.[Cl-].[Cl-].[Zr+2]=[C]1CC1. The van der Waals surface area contributed by atoms with Gasteiger partial charge in [-0.15, -0.1) is 46.2 Å². The summed E-state index contributed by atoms with van der Waals surface area (Å²) in [6.07, 6.45) is 12.9. The molecule has 0 amide bonds. The van der Waals surface area contributed by atoms with Gasteiger partial charge in [0.25, 0.3) is 0 Å². The fraction of sp³-hybridized carbons (Fsp3) is 0.143. The maximum atomic E-state index is 13.0. The minimum atomic E-state index is -0.292. The molecule has 0 nitrogen and oxygen atoms in total. The van der Waals surface area contributed by atoms with Crippen LogP contribution in [0, 0.1) is 17.7 Å². The van der Waals surface area contributed by atoms with Gasteiger partial charge in [0, 0.05) is 0 Å². The Labute approximate surface area is 179 Å². The van der Waals surface area contributed by atoms with E-state index < -0.39 is 0 Å². The van der Waals surface area contributed by atoms with Gasteiger partial charge in [0.1, 0.15) is 11.6 Å². The van der Waals surface area contributed by atoms with E-state index in [1.807, 2.05) is 18.2 Å². The van der Waals surface area contributed by atoms with E-state index in [2.05, 4.69) is 12.2 Å². The first-order valence-electron chi connectivity index (χ1n) is 7.86. The standard InChI is InChI=1S/C13H7F2.C5H5.C3H4.2ClH.Zr/c14-10-3-1-8-5-9-2-4-11(15)7-13(9)12(8)6-10;1-2-4-5-3-1;1-2-3-1;;;/h1-7H;1-3H,4H2;1-2H2;2*1H;/q2*-1;;;;+2/p-2. The summed E-state index contributed by atoms with van der Waals surface area (Å²) in [5.41, 5.74) is 0. The van der Waals surface area contributed by atoms with Crippen LogP contribution in [0.3, 0.4) is 0 Å². The Morgan fingerprint density at radius 2 is 1.38 bits per heavy atom. The van der Waals surface area contributed by atoms with E-state index >= 15 is 0 Å². The van der Waals surface area contributed by atoms with Gasteiger partial charge >= 0.3 is 40.3 Å². The van der Waals surface area contributed by atoms with Gasteiger partial charge in [-0.2, -0.15) is 6.08 Å². The monoisotopic (exact) mass is 466 g/mol. The molecule has 0 unspecified atom stereocenters. The summed E-state index contributed by atoms with van der Waals surface area (Å²) in [6.45, 7) is 0. The Kier molecular flexibility index (Phi) is 9.71. The van der Waals surface area contributed by atoms with Gasteiger partial charge in [-0.05, 0) is 0 Å². The normalized spacial score (nSPS) is 13.3. The summed E-state index contributed by atoms with van der Waals surface area (Å²) in [6, 6.07) is 11.1. The van der Waals surface area contributed by atoms with Crippen molar-refractivity contribution in [2.24, 2.45) is 0 Å². The van der Waals surface area contributed by atoms with Crippen molar-refractivity contribution in [2.45, 2.75) is 19.3 Å². The molecule has 0 N–H and O–H groups in total. The molecule has 0 heterocycles. The van der Waals surface area contributed by atoms with Crippen molar-refractivity contribution in [3.05, 3.63) is 78.4 Å². The summed E-state index contributed by atoms with van der Waals surface area (Å²) in [5.74, 6) is -0.585. The Morgan fingerprint density at radius 1 is 0.885 bits per heavy atom. The quantitative estimate of drug-likeness (QED) is 0.401. The zero-order chi connectivity index (χ0) is 16.9. The number of fused-ring (bicyclic) bond motifs is 3. The van der Waals surface area contributed by atoms with Crippen LogP contribution in [-0.2, 0) is 24.2 Å². The van der Waals surface area contributed by atoms with E-state index in [-0.39, 0.29) is 36.4 Å². The summed E-state index contributed by atoms with van der Waals surface area (Å²) in [7, 11) is 0. The predicted molar refractivity (Wildman–Crippen MR) is 92.8 cm³/mol. The molecule has 0 radical (unpaired) electrons. The Hall–Kier alpha value is -1.02. The third-order valence-corrected chi connectivity index (χ3v) is 4.95. The van der Waals surface area contributed by atoms with E-state index in [0.29, 0.717) is 0 Å². The molecule has 0 saturated heterocycles. The van der Waals surface area contributed by atoms with Crippen molar-refractivity contribution >= 4 is 24.8 Å². The minimum absolute atomic E-state index is 0. The van der Waals surface area contributed by atoms with Crippen molar-refractivity contribution in [1.82, 2.24) is 0 Å². The van der Waals surface area contributed by atoms with E-state index in [9.17, 15) is 8.78 Å². The molecule has 1 fully saturated rings. The summed E-state index contributed by atoms with van der Waals surface area (Å²) in [4.78, 5) is 0. The van der Waals surface area contributed by atoms with Crippen LogP contribution in [0.4, 0.5) is 8.78 Å². The number of hydrogen-bond acceptors (Lipinski definition) is 0. The summed E-state index contributed by atoms with van der Waals surface area (Å²) in [5, 5.41) is 3.42. The van der Waals surface area contributed by atoms with Gasteiger partial charge in [-0.25, -0.2) is 20.9 Å². The van der Waals surface area contributed by atoms with E-state index in [1.165, 1.54) is 37.1 Å². The number of allylic oxidation sites excluding steroid dienone is 4. The number of rotatable bonds is 0. The molecular weight excluding hydrogens is 452 g/mol. The van der Waals surface area contributed by atoms with Crippen LogP contribution in [0.5, 0.6) is 0 Å². The van der Waals surface area contributed by atoms with Crippen LogP contribution in [0.15, 0.2) is 60.7 Å². The molecule has 5 rings (SSSR count). The van der Waals surface area contributed by atoms with Crippen LogP contribution in [-0.4, -0.2) is 3.21 Å². The van der Waals surface area contributed by atoms with E-state index in [4.69, 9.17) is 0 Å². The molecule has 134 valence electrons. The number of halogens is 4. The third-order valence-electron chi connectivity index (χ3n) is 3.72. The molecule has 0 atom stereocenters. The topological polar surface area (TPSA) is 0 Å². The Bertz CT molecular complexity index is 869. The average molecular weight is 468 g/mol. The zero-order valence-electron chi connectivity index (χ0n) is 13.9. The second kappa shape index (κ2) is 11.0. The second-order valence-electron chi connectivity index (χ2n) is 5.71. The summed E-state index contributed by atoms with van der Waals surface area (Å²) >= 11 is 1.66. The molecule has 5 heteroatoms. The second-order valence-corrected chi connectivity index (χ2v) is 7.45. The number of benzene rings is 2. The Morgan fingerprint density at radius 3 is 1.69 bits per heavy atom. The fourth-order valence-electron chi connectivity index (χ4n) is 2.35. The first-order valence-corrected chi connectivity index (χ1v) is 9.08. The first kappa shape index (κ1) is 23.0. The van der Waals surface area contributed by atoms with E-state index in [1.54, 1.807) is 39.6 Å². The Balaban J connectivity index is 0.000000255. The molecule has 0 spiro atoms. The van der Waals surface area contributed by atoms with Crippen molar-refractivity contribution in [1.29, 1.82) is 0 Å². The molecule has 0 aromatic heterocycles. The molecular formula is C21H16Cl2F2Zr-2. The van der Waals surface area contributed by atoms with Gasteiger partial charge in [0.2, 0.25) is 0 Å². The van der Waals surface area contributed by atoms with Crippen LogP contribution in [0.1, 0.15) is 19.3 Å². The molecule has 2 aliphatic rings.